The Hall–Kier alpha value is -0.780. The molecule has 1 N–H and O–H groups in total. The predicted octanol–water partition coefficient (Wildman–Crippen LogP) is 2.44. The van der Waals surface area contributed by atoms with Crippen LogP contribution in [0.15, 0.2) is 17.5 Å². The van der Waals surface area contributed by atoms with Crippen LogP contribution >= 0.6 is 22.9 Å². The first kappa shape index (κ1) is 10.7. The van der Waals surface area contributed by atoms with Gasteiger partial charge in [0.15, 0.2) is 0 Å². The smallest absolute Gasteiger partial charge is 0.104 e. The number of aliphatic hydroxyl groups is 1. The van der Waals surface area contributed by atoms with Gasteiger partial charge in [-0.1, -0.05) is 11.4 Å². The number of hydrogen-bond donors (Lipinski definition) is 1. The Kier molecular flexibility index (Phi) is 3.45. The number of aryl methyl sites for hydroxylation is 1. The average molecular weight is 240 g/mol. The van der Waals surface area contributed by atoms with E-state index in [0.29, 0.717) is 12.1 Å². The van der Waals surface area contributed by atoms with Crippen LogP contribution in [0.5, 0.6) is 0 Å². The molecule has 1 atom stereocenters. The van der Waals surface area contributed by atoms with Crippen LogP contribution in [0.1, 0.15) is 28.5 Å². The van der Waals surface area contributed by atoms with Crippen LogP contribution in [0.4, 0.5) is 0 Å². The summed E-state index contributed by atoms with van der Waals surface area (Å²) in [5.74, 6) is 0. The third kappa shape index (κ3) is 2.62. The highest BCUT2D eigenvalue weighted by atomic mass is 32.1. The van der Waals surface area contributed by atoms with Crippen molar-refractivity contribution in [2.45, 2.75) is 25.9 Å². The first-order valence-electron chi connectivity index (χ1n) is 4.82. The molecule has 0 aliphatic heterocycles. The van der Waals surface area contributed by atoms with Gasteiger partial charge in [0, 0.05) is 21.6 Å². The highest BCUT2D eigenvalue weighted by Gasteiger charge is 2.12. The maximum atomic E-state index is 9.86. The summed E-state index contributed by atoms with van der Waals surface area (Å²) >= 11 is 3.02. The van der Waals surface area contributed by atoms with E-state index >= 15 is 0 Å². The molecule has 0 saturated carbocycles. The van der Waals surface area contributed by atoms with Crippen LogP contribution < -0.4 is 0 Å². The summed E-state index contributed by atoms with van der Waals surface area (Å²) in [6, 6.07) is 4.19. The summed E-state index contributed by atoms with van der Waals surface area (Å²) in [6.07, 6.45) is 1.17. The van der Waals surface area contributed by atoms with Gasteiger partial charge in [-0.25, -0.2) is 0 Å². The molecule has 15 heavy (non-hydrogen) atoms. The van der Waals surface area contributed by atoms with Gasteiger partial charge in [0.1, 0.15) is 11.8 Å². The molecule has 2 rings (SSSR count). The van der Waals surface area contributed by atoms with Crippen molar-refractivity contribution in [3.05, 3.63) is 33.0 Å². The lowest BCUT2D eigenvalue weighted by Crippen LogP contribution is -2.00. The summed E-state index contributed by atoms with van der Waals surface area (Å²) in [5, 5.41) is 15.5. The number of aliphatic hydroxyl groups excluding tert-OH is 1. The lowest BCUT2D eigenvalue weighted by molar-refractivity contribution is 0.174. The number of thiophene rings is 1. The third-order valence-corrected chi connectivity index (χ3v) is 3.95. The first-order valence-corrected chi connectivity index (χ1v) is 6.47. The van der Waals surface area contributed by atoms with Crippen molar-refractivity contribution in [2.75, 3.05) is 0 Å². The Morgan fingerprint density at radius 1 is 1.40 bits per heavy atom. The van der Waals surface area contributed by atoms with Gasteiger partial charge in [0.05, 0.1) is 0 Å². The molecule has 0 aliphatic carbocycles. The molecule has 0 spiro atoms. The van der Waals surface area contributed by atoms with Gasteiger partial charge < -0.3 is 5.11 Å². The number of nitrogens with zero attached hydrogens (tertiary/aromatic N) is 2. The van der Waals surface area contributed by atoms with E-state index in [9.17, 15) is 5.11 Å². The summed E-state index contributed by atoms with van der Waals surface area (Å²) in [6.45, 7) is 2.14. The second-order valence-corrected chi connectivity index (χ2v) is 5.13. The fourth-order valence-corrected chi connectivity index (χ4v) is 2.83. The largest absolute Gasteiger partial charge is 0.386 e. The van der Waals surface area contributed by atoms with E-state index in [1.54, 1.807) is 16.7 Å². The minimum absolute atomic E-state index is 0.521. The van der Waals surface area contributed by atoms with Gasteiger partial charge in [-0.3, -0.25) is 0 Å². The van der Waals surface area contributed by atoms with Crippen LogP contribution in [0.25, 0.3) is 0 Å². The van der Waals surface area contributed by atoms with Gasteiger partial charge in [-0.15, -0.1) is 16.4 Å². The zero-order chi connectivity index (χ0) is 10.7. The fourth-order valence-electron chi connectivity index (χ4n) is 1.33. The molecular formula is C10H12N2OS2. The van der Waals surface area contributed by atoms with Crippen LogP contribution in [-0.4, -0.2) is 14.7 Å². The first-order chi connectivity index (χ1) is 7.29. The molecular weight excluding hydrogens is 228 g/mol. The number of hydrogen-bond acceptors (Lipinski definition) is 5. The molecule has 0 aliphatic rings. The Bertz CT molecular complexity index is 411. The third-order valence-electron chi connectivity index (χ3n) is 2.18. The van der Waals surface area contributed by atoms with E-state index in [-0.39, 0.29) is 0 Å². The minimum atomic E-state index is -0.521. The molecule has 0 amide bonds. The molecule has 1 unspecified atom stereocenters. The maximum absolute atomic E-state index is 9.86. The number of rotatable bonds is 4. The Labute approximate surface area is 96.6 Å². The van der Waals surface area contributed by atoms with Crippen molar-refractivity contribution in [3.8, 4) is 0 Å². The van der Waals surface area contributed by atoms with Crippen molar-refractivity contribution in [1.29, 1.82) is 0 Å². The topological polar surface area (TPSA) is 46.0 Å². The standard InChI is InChI=1S/C10H12N2OS2/c1-2-7-3-4-8(15-7)5-10(13)9-6-14-12-11-9/h3-4,6,10,13H,2,5H2,1H3. The highest BCUT2D eigenvalue weighted by Crippen LogP contribution is 2.23. The monoisotopic (exact) mass is 240 g/mol. The summed E-state index contributed by atoms with van der Waals surface area (Å²) in [4.78, 5) is 2.56. The van der Waals surface area contributed by atoms with Crippen molar-refractivity contribution < 1.29 is 5.11 Å². The van der Waals surface area contributed by atoms with Gasteiger partial charge in [0.25, 0.3) is 0 Å². The van der Waals surface area contributed by atoms with Crippen molar-refractivity contribution in [2.24, 2.45) is 0 Å². The Morgan fingerprint density at radius 3 is 2.80 bits per heavy atom. The zero-order valence-electron chi connectivity index (χ0n) is 8.38. The Balaban J connectivity index is 2.02. The van der Waals surface area contributed by atoms with Crippen LogP contribution in [0.2, 0.25) is 0 Å². The average Bonchev–Trinajstić information content (AvgIpc) is 2.87. The molecule has 0 radical (unpaired) electrons. The maximum Gasteiger partial charge on any atom is 0.104 e. The molecule has 2 aromatic heterocycles. The van der Waals surface area contributed by atoms with E-state index in [1.807, 2.05) is 0 Å². The molecule has 2 aromatic rings. The lowest BCUT2D eigenvalue weighted by atomic mass is 10.2. The highest BCUT2D eigenvalue weighted by molar-refractivity contribution is 7.12. The molecule has 5 heteroatoms. The number of aromatic nitrogens is 2. The van der Waals surface area contributed by atoms with E-state index < -0.39 is 6.10 Å². The van der Waals surface area contributed by atoms with Gasteiger partial charge in [0.2, 0.25) is 0 Å². The SMILES string of the molecule is CCc1ccc(CC(O)c2csnn2)s1. The van der Waals surface area contributed by atoms with Crippen molar-refractivity contribution >= 4 is 22.9 Å². The van der Waals surface area contributed by atoms with Gasteiger partial charge in [-0.05, 0) is 30.1 Å². The van der Waals surface area contributed by atoms with E-state index in [1.165, 1.54) is 21.3 Å². The molecule has 2 heterocycles. The van der Waals surface area contributed by atoms with E-state index in [0.717, 1.165) is 6.42 Å². The van der Waals surface area contributed by atoms with E-state index in [2.05, 4.69) is 28.6 Å². The minimum Gasteiger partial charge on any atom is -0.386 e. The molecule has 0 saturated heterocycles. The van der Waals surface area contributed by atoms with Crippen molar-refractivity contribution in [1.82, 2.24) is 9.59 Å². The summed E-state index contributed by atoms with van der Waals surface area (Å²) in [5.41, 5.74) is 0.673. The predicted molar refractivity (Wildman–Crippen MR) is 62.3 cm³/mol. The molecule has 80 valence electrons. The van der Waals surface area contributed by atoms with Gasteiger partial charge >= 0.3 is 0 Å². The normalized spacial score (nSPS) is 12.9. The van der Waals surface area contributed by atoms with Crippen LogP contribution in [0, 0.1) is 0 Å². The van der Waals surface area contributed by atoms with Crippen LogP contribution in [-0.2, 0) is 12.8 Å². The molecule has 0 fully saturated rings. The lowest BCUT2D eigenvalue weighted by Gasteiger charge is -2.04. The second-order valence-electron chi connectivity index (χ2n) is 3.27. The zero-order valence-corrected chi connectivity index (χ0v) is 10.0. The van der Waals surface area contributed by atoms with Crippen LogP contribution in [0.3, 0.4) is 0 Å². The van der Waals surface area contributed by atoms with Crippen molar-refractivity contribution in [3.63, 3.8) is 0 Å². The van der Waals surface area contributed by atoms with Gasteiger partial charge in [-0.2, -0.15) is 0 Å². The Morgan fingerprint density at radius 2 is 2.20 bits per heavy atom. The summed E-state index contributed by atoms with van der Waals surface area (Å²) < 4.78 is 3.74. The molecule has 0 bridgehead atoms. The second kappa shape index (κ2) is 4.83. The molecule has 0 aromatic carbocycles. The fraction of sp³-hybridized carbons (Fsp3) is 0.400. The summed E-state index contributed by atoms with van der Waals surface area (Å²) in [7, 11) is 0. The quantitative estimate of drug-likeness (QED) is 0.892. The molecule has 3 nitrogen and oxygen atoms in total. The van der Waals surface area contributed by atoms with E-state index in [4.69, 9.17) is 0 Å².